The standard InChI is InChI=1S/C11H20N2O3/c1-13(7-9-3-2-4-16-9)11(15)10-5-8(14)6-12-10/h8-10,12,14H,2-7H2,1H3. The van der Waals surface area contributed by atoms with E-state index < -0.39 is 0 Å². The van der Waals surface area contributed by atoms with E-state index in [-0.39, 0.29) is 24.2 Å². The van der Waals surface area contributed by atoms with E-state index in [1.807, 2.05) is 0 Å². The Labute approximate surface area is 95.8 Å². The predicted octanol–water partition coefficient (Wildman–Crippen LogP) is -0.653. The van der Waals surface area contributed by atoms with Gasteiger partial charge in [0.1, 0.15) is 0 Å². The number of nitrogens with zero attached hydrogens (tertiary/aromatic N) is 1. The molecule has 16 heavy (non-hydrogen) atoms. The molecule has 0 aromatic heterocycles. The molecule has 0 saturated carbocycles. The predicted molar refractivity (Wildman–Crippen MR) is 59.0 cm³/mol. The van der Waals surface area contributed by atoms with Crippen molar-refractivity contribution in [2.45, 2.75) is 37.5 Å². The highest BCUT2D eigenvalue weighted by molar-refractivity contribution is 5.82. The molecule has 0 bridgehead atoms. The molecule has 2 aliphatic rings. The molecular weight excluding hydrogens is 208 g/mol. The van der Waals surface area contributed by atoms with Gasteiger partial charge in [0.05, 0.1) is 18.2 Å². The van der Waals surface area contributed by atoms with Gasteiger partial charge < -0.3 is 20.1 Å². The summed E-state index contributed by atoms with van der Waals surface area (Å²) in [6, 6.07) is -0.221. The van der Waals surface area contributed by atoms with E-state index >= 15 is 0 Å². The molecule has 0 spiro atoms. The van der Waals surface area contributed by atoms with Crippen molar-refractivity contribution in [3.8, 4) is 0 Å². The average Bonchev–Trinajstić information content (AvgIpc) is 2.88. The second-order valence-electron chi connectivity index (χ2n) is 4.70. The minimum atomic E-state index is -0.384. The molecule has 0 aliphatic carbocycles. The van der Waals surface area contributed by atoms with E-state index in [1.165, 1.54) is 0 Å². The first-order valence-corrected chi connectivity index (χ1v) is 5.95. The second-order valence-corrected chi connectivity index (χ2v) is 4.70. The highest BCUT2D eigenvalue weighted by Gasteiger charge is 2.31. The van der Waals surface area contributed by atoms with Gasteiger partial charge in [0.2, 0.25) is 5.91 Å². The van der Waals surface area contributed by atoms with Crippen molar-refractivity contribution in [1.82, 2.24) is 10.2 Å². The molecule has 3 atom stereocenters. The van der Waals surface area contributed by atoms with Crippen LogP contribution in [0.15, 0.2) is 0 Å². The van der Waals surface area contributed by atoms with Crippen LogP contribution in [-0.2, 0) is 9.53 Å². The third-order valence-electron chi connectivity index (χ3n) is 3.28. The molecule has 2 saturated heterocycles. The minimum absolute atomic E-state index is 0.0621. The Morgan fingerprint density at radius 3 is 3.00 bits per heavy atom. The molecule has 1 amide bonds. The van der Waals surface area contributed by atoms with Crippen LogP contribution in [0.2, 0.25) is 0 Å². The maximum absolute atomic E-state index is 12.0. The summed E-state index contributed by atoms with van der Waals surface area (Å²) in [5.41, 5.74) is 0. The molecule has 5 nitrogen and oxygen atoms in total. The fourth-order valence-electron chi connectivity index (χ4n) is 2.35. The quantitative estimate of drug-likeness (QED) is 0.673. The van der Waals surface area contributed by atoms with Crippen LogP contribution in [0.5, 0.6) is 0 Å². The summed E-state index contributed by atoms with van der Waals surface area (Å²) in [6.07, 6.45) is 2.46. The van der Waals surface area contributed by atoms with Crippen molar-refractivity contribution < 1.29 is 14.6 Å². The number of ether oxygens (including phenoxy) is 1. The molecule has 2 fully saturated rings. The van der Waals surface area contributed by atoms with Crippen LogP contribution in [-0.4, -0.2) is 60.9 Å². The van der Waals surface area contributed by atoms with Gasteiger partial charge in [-0.15, -0.1) is 0 Å². The largest absolute Gasteiger partial charge is 0.392 e. The summed E-state index contributed by atoms with van der Waals surface area (Å²) in [4.78, 5) is 13.7. The van der Waals surface area contributed by atoms with Crippen molar-refractivity contribution in [3.05, 3.63) is 0 Å². The Morgan fingerprint density at radius 1 is 1.62 bits per heavy atom. The van der Waals surface area contributed by atoms with Crippen molar-refractivity contribution in [2.24, 2.45) is 0 Å². The zero-order valence-electron chi connectivity index (χ0n) is 9.69. The van der Waals surface area contributed by atoms with Crippen molar-refractivity contribution in [2.75, 3.05) is 26.7 Å². The first kappa shape index (κ1) is 11.8. The third-order valence-corrected chi connectivity index (χ3v) is 3.28. The van der Waals surface area contributed by atoms with Crippen LogP contribution in [0, 0.1) is 0 Å². The minimum Gasteiger partial charge on any atom is -0.392 e. The Kier molecular flexibility index (Phi) is 3.78. The number of carbonyl (C=O) groups is 1. The van der Waals surface area contributed by atoms with Gasteiger partial charge in [-0.3, -0.25) is 4.79 Å². The lowest BCUT2D eigenvalue weighted by atomic mass is 10.1. The van der Waals surface area contributed by atoms with Crippen molar-refractivity contribution in [1.29, 1.82) is 0 Å². The summed E-state index contributed by atoms with van der Waals surface area (Å²) < 4.78 is 5.49. The van der Waals surface area contributed by atoms with Gasteiger partial charge in [-0.1, -0.05) is 0 Å². The summed E-state index contributed by atoms with van der Waals surface area (Å²) in [5.74, 6) is 0.0621. The van der Waals surface area contributed by atoms with Crippen molar-refractivity contribution >= 4 is 5.91 Å². The number of nitrogens with one attached hydrogen (secondary N) is 1. The molecule has 2 aliphatic heterocycles. The molecule has 0 aromatic carbocycles. The van der Waals surface area contributed by atoms with Crippen LogP contribution >= 0.6 is 0 Å². The first-order chi connectivity index (χ1) is 7.66. The number of aliphatic hydroxyl groups excluding tert-OH is 1. The third kappa shape index (κ3) is 2.72. The van der Waals surface area contributed by atoms with Crippen LogP contribution in [0.1, 0.15) is 19.3 Å². The Balaban J connectivity index is 1.79. The Bertz CT molecular complexity index is 254. The molecule has 2 N–H and O–H groups in total. The zero-order chi connectivity index (χ0) is 11.5. The van der Waals surface area contributed by atoms with Gasteiger partial charge in [-0.05, 0) is 19.3 Å². The van der Waals surface area contributed by atoms with Crippen LogP contribution in [0.4, 0.5) is 0 Å². The summed E-state index contributed by atoms with van der Waals surface area (Å²) in [7, 11) is 1.80. The topological polar surface area (TPSA) is 61.8 Å². The van der Waals surface area contributed by atoms with Crippen LogP contribution in [0.3, 0.4) is 0 Å². The van der Waals surface area contributed by atoms with Crippen LogP contribution in [0.25, 0.3) is 0 Å². The maximum atomic E-state index is 12.0. The van der Waals surface area contributed by atoms with Crippen molar-refractivity contribution in [3.63, 3.8) is 0 Å². The second kappa shape index (κ2) is 5.12. The number of hydrogen-bond donors (Lipinski definition) is 2. The smallest absolute Gasteiger partial charge is 0.239 e. The van der Waals surface area contributed by atoms with E-state index in [1.54, 1.807) is 11.9 Å². The highest BCUT2D eigenvalue weighted by Crippen LogP contribution is 2.14. The van der Waals surface area contributed by atoms with Gasteiger partial charge >= 0.3 is 0 Å². The Morgan fingerprint density at radius 2 is 2.44 bits per heavy atom. The van der Waals surface area contributed by atoms with Gasteiger partial charge in [0, 0.05) is 26.7 Å². The lowest BCUT2D eigenvalue weighted by Crippen LogP contribution is -2.44. The van der Waals surface area contributed by atoms with E-state index in [9.17, 15) is 9.90 Å². The number of carbonyl (C=O) groups excluding carboxylic acids is 1. The van der Waals surface area contributed by atoms with Gasteiger partial charge in [-0.25, -0.2) is 0 Å². The molecule has 2 heterocycles. The lowest BCUT2D eigenvalue weighted by Gasteiger charge is -2.23. The Hall–Kier alpha value is -0.650. The summed E-state index contributed by atoms with van der Waals surface area (Å²) >= 11 is 0. The fraction of sp³-hybridized carbons (Fsp3) is 0.909. The van der Waals surface area contributed by atoms with E-state index in [4.69, 9.17) is 4.74 Å². The average molecular weight is 228 g/mol. The van der Waals surface area contributed by atoms with E-state index in [2.05, 4.69) is 5.32 Å². The van der Waals surface area contributed by atoms with E-state index in [0.29, 0.717) is 19.5 Å². The number of amides is 1. The number of aliphatic hydroxyl groups is 1. The summed E-state index contributed by atoms with van der Waals surface area (Å²) in [6.45, 7) is 1.99. The molecule has 3 unspecified atom stereocenters. The maximum Gasteiger partial charge on any atom is 0.239 e. The van der Waals surface area contributed by atoms with Gasteiger partial charge in [0.25, 0.3) is 0 Å². The monoisotopic (exact) mass is 228 g/mol. The molecular formula is C11H20N2O3. The normalized spacial score (nSPS) is 34.2. The molecule has 5 heteroatoms. The number of hydrogen-bond acceptors (Lipinski definition) is 4. The number of rotatable bonds is 3. The molecule has 2 rings (SSSR count). The zero-order valence-corrected chi connectivity index (χ0v) is 9.69. The first-order valence-electron chi connectivity index (χ1n) is 5.95. The van der Waals surface area contributed by atoms with Crippen LogP contribution < -0.4 is 5.32 Å². The SMILES string of the molecule is CN(CC1CCCO1)C(=O)C1CC(O)CN1. The van der Waals surface area contributed by atoms with E-state index in [0.717, 1.165) is 19.4 Å². The van der Waals surface area contributed by atoms with Gasteiger partial charge in [-0.2, -0.15) is 0 Å². The van der Waals surface area contributed by atoms with Gasteiger partial charge in [0.15, 0.2) is 0 Å². The molecule has 0 radical (unpaired) electrons. The molecule has 0 aromatic rings. The number of likely N-dealkylation sites (N-methyl/N-ethyl adjacent to an activating group) is 1. The summed E-state index contributed by atoms with van der Waals surface area (Å²) in [5, 5.41) is 12.4. The molecule has 92 valence electrons. The lowest BCUT2D eigenvalue weighted by molar-refractivity contribution is -0.133. The number of β-amino-alcohol motifs (C(OH)–C–C–N with tert-alkyl or cyclic N) is 1. The fourth-order valence-corrected chi connectivity index (χ4v) is 2.35. The highest BCUT2D eigenvalue weighted by atomic mass is 16.5.